The Kier molecular flexibility index (Phi) is 7.43. The van der Waals surface area contributed by atoms with Crippen LogP contribution < -0.4 is 5.46 Å². The molecule has 1 aromatic rings. The lowest BCUT2D eigenvalue weighted by atomic mass is 9.74. The number of nitrogens with zero attached hydrogens (tertiary/aromatic N) is 2. The Morgan fingerprint density at radius 2 is 1.57 bits per heavy atom. The van der Waals surface area contributed by atoms with Crippen molar-refractivity contribution >= 4 is 28.9 Å². The van der Waals surface area contributed by atoms with Gasteiger partial charge in [-0.25, -0.2) is 4.79 Å². The second-order valence-corrected chi connectivity index (χ2v) is 12.8. The molecule has 8 nitrogen and oxygen atoms in total. The number of rotatable bonds is 4. The Hall–Kier alpha value is -1.69. The molecule has 0 aromatic heterocycles. The lowest BCUT2D eigenvalue weighted by Gasteiger charge is -2.36. The van der Waals surface area contributed by atoms with Gasteiger partial charge in [-0.3, -0.25) is 4.90 Å². The van der Waals surface area contributed by atoms with E-state index >= 15 is 0 Å². The molecule has 0 unspecified atom stereocenters. The van der Waals surface area contributed by atoms with Crippen LogP contribution in [0.15, 0.2) is 11.0 Å². The molecule has 2 saturated heterocycles. The van der Waals surface area contributed by atoms with Crippen molar-refractivity contribution in [3.8, 4) is 0 Å². The van der Waals surface area contributed by atoms with E-state index in [1.807, 2.05) is 54.5 Å². The summed E-state index contributed by atoms with van der Waals surface area (Å²) in [6.07, 6.45) is -0.350. The van der Waals surface area contributed by atoms with Crippen LogP contribution in [-0.4, -0.2) is 74.4 Å². The van der Waals surface area contributed by atoms with Gasteiger partial charge in [0.1, 0.15) is 10.5 Å². The van der Waals surface area contributed by atoms with Crippen LogP contribution in [0.4, 0.5) is 8.68 Å². The van der Waals surface area contributed by atoms with Crippen LogP contribution in [-0.2, 0) is 30.8 Å². The van der Waals surface area contributed by atoms with Gasteiger partial charge in [-0.15, -0.1) is 3.89 Å². The minimum Gasteiger partial charge on any atom is -0.444 e. The number of hydrogen-bond acceptors (Lipinski definition) is 7. The normalized spacial score (nSPS) is 20.9. The largest absolute Gasteiger partial charge is 0.495 e. The van der Waals surface area contributed by atoms with Gasteiger partial charge in [0.05, 0.1) is 11.2 Å². The zero-order valence-corrected chi connectivity index (χ0v) is 23.1. The van der Waals surface area contributed by atoms with Crippen LogP contribution in [0.5, 0.6) is 0 Å². The fourth-order valence-corrected chi connectivity index (χ4v) is 5.34. The monoisotopic (exact) mass is 512 g/mol. The van der Waals surface area contributed by atoms with Crippen LogP contribution in [0, 0.1) is 13.8 Å². The molecule has 0 N–H and O–H groups in total. The van der Waals surface area contributed by atoms with Crippen molar-refractivity contribution in [3.63, 3.8) is 0 Å². The van der Waals surface area contributed by atoms with Gasteiger partial charge in [-0.05, 0) is 84.5 Å². The Balaban J connectivity index is 1.87. The van der Waals surface area contributed by atoms with Crippen molar-refractivity contribution < 1.29 is 31.1 Å². The van der Waals surface area contributed by atoms with Gasteiger partial charge in [-0.2, -0.15) is 8.42 Å². The van der Waals surface area contributed by atoms with E-state index in [-0.39, 0.29) is 11.0 Å². The van der Waals surface area contributed by atoms with Crippen molar-refractivity contribution in [2.75, 3.05) is 26.2 Å². The van der Waals surface area contributed by atoms with E-state index in [9.17, 15) is 17.1 Å². The molecule has 2 heterocycles. The van der Waals surface area contributed by atoms with E-state index in [1.54, 1.807) is 18.7 Å². The third-order valence-corrected chi connectivity index (χ3v) is 8.19. The molecule has 0 bridgehead atoms. The van der Waals surface area contributed by atoms with Gasteiger partial charge < -0.3 is 18.9 Å². The highest BCUT2D eigenvalue weighted by Gasteiger charge is 2.52. The third-order valence-electron chi connectivity index (χ3n) is 7.09. The topological polar surface area (TPSA) is 85.4 Å². The quantitative estimate of drug-likeness (QED) is 0.452. The summed E-state index contributed by atoms with van der Waals surface area (Å²) >= 11 is 0. The van der Waals surface area contributed by atoms with Gasteiger partial charge in [0, 0.05) is 32.7 Å². The van der Waals surface area contributed by atoms with Crippen molar-refractivity contribution in [1.82, 2.24) is 9.80 Å². The number of ether oxygens (including phenoxy) is 1. The summed E-state index contributed by atoms with van der Waals surface area (Å²) in [5.74, 6) is 0. The molecule has 2 aliphatic rings. The van der Waals surface area contributed by atoms with Crippen LogP contribution in [0.1, 0.15) is 65.2 Å². The maximum Gasteiger partial charge on any atom is 0.495 e. The lowest BCUT2D eigenvalue weighted by molar-refractivity contribution is 0.00578. The number of benzene rings is 1. The first kappa shape index (κ1) is 27.9. The zero-order valence-electron chi connectivity index (χ0n) is 22.3. The minimum atomic E-state index is -4.97. The van der Waals surface area contributed by atoms with Gasteiger partial charge in [0.2, 0.25) is 0 Å². The van der Waals surface area contributed by atoms with Crippen molar-refractivity contribution in [2.24, 2.45) is 0 Å². The van der Waals surface area contributed by atoms with Crippen molar-refractivity contribution in [1.29, 1.82) is 0 Å². The smallest absolute Gasteiger partial charge is 0.444 e. The predicted molar refractivity (Wildman–Crippen MR) is 133 cm³/mol. The summed E-state index contributed by atoms with van der Waals surface area (Å²) < 4.78 is 56.5. The average Bonchev–Trinajstić information content (AvgIpc) is 2.89. The van der Waals surface area contributed by atoms with E-state index < -0.39 is 34.1 Å². The molecule has 0 saturated carbocycles. The van der Waals surface area contributed by atoms with Crippen molar-refractivity contribution in [2.45, 2.75) is 90.6 Å². The second-order valence-electron chi connectivity index (χ2n) is 11.5. The van der Waals surface area contributed by atoms with E-state index in [1.165, 1.54) is 0 Å². The summed E-state index contributed by atoms with van der Waals surface area (Å²) in [5, 5.41) is 0. The van der Waals surface area contributed by atoms with E-state index in [0.29, 0.717) is 54.9 Å². The fraction of sp³-hybridized carbons (Fsp3) is 0.708. The average molecular weight is 512 g/mol. The molecule has 0 spiro atoms. The summed E-state index contributed by atoms with van der Waals surface area (Å²) in [7, 11) is -5.79. The molecule has 35 heavy (non-hydrogen) atoms. The van der Waals surface area contributed by atoms with Gasteiger partial charge >= 0.3 is 23.4 Å². The van der Waals surface area contributed by atoms with Crippen LogP contribution in [0.3, 0.4) is 0 Å². The van der Waals surface area contributed by atoms with E-state index in [4.69, 9.17) is 14.0 Å². The molecule has 1 amide bonds. The highest BCUT2D eigenvalue weighted by molar-refractivity contribution is 7.86. The first-order valence-corrected chi connectivity index (χ1v) is 13.3. The molecule has 1 aromatic carbocycles. The Morgan fingerprint density at radius 3 is 2.03 bits per heavy atom. The molecule has 2 aliphatic heterocycles. The molecule has 11 heteroatoms. The van der Waals surface area contributed by atoms with Crippen LogP contribution in [0.25, 0.3) is 0 Å². The maximum absolute atomic E-state index is 14.5. The molecular formula is C24H38BFN2O6S. The van der Waals surface area contributed by atoms with Crippen molar-refractivity contribution in [3.05, 3.63) is 22.8 Å². The summed E-state index contributed by atoms with van der Waals surface area (Å²) in [5.41, 5.74) is 0.0480. The molecule has 0 aliphatic carbocycles. The molecular weight excluding hydrogens is 474 g/mol. The SMILES string of the molecule is Cc1c(CN2CCN(C(=O)OC(C)(C)C)CC2)cc(B2OC(C)(C)C(C)(C)O2)c(C)c1S(=O)(=O)F. The first-order valence-electron chi connectivity index (χ1n) is 12.0. The Labute approximate surface area is 209 Å². The summed E-state index contributed by atoms with van der Waals surface area (Å²) in [4.78, 5) is 15.8. The van der Waals surface area contributed by atoms with E-state index in [2.05, 4.69) is 4.90 Å². The predicted octanol–water partition coefficient (Wildman–Crippen LogP) is 3.31. The Bertz CT molecular complexity index is 1080. The summed E-state index contributed by atoms with van der Waals surface area (Å²) in [6.45, 7) is 18.9. The number of carbonyl (C=O) groups is 1. The van der Waals surface area contributed by atoms with Crippen LogP contribution in [0.2, 0.25) is 0 Å². The lowest BCUT2D eigenvalue weighted by Crippen LogP contribution is -2.49. The summed E-state index contributed by atoms with van der Waals surface area (Å²) in [6, 6.07) is 1.86. The number of halogens is 1. The third kappa shape index (κ3) is 6.01. The number of carbonyl (C=O) groups excluding carboxylic acids is 1. The number of piperazine rings is 1. The molecule has 0 radical (unpaired) electrons. The fourth-order valence-electron chi connectivity index (χ4n) is 4.36. The molecule has 0 atom stereocenters. The highest BCUT2D eigenvalue weighted by Crippen LogP contribution is 2.37. The number of hydrogen-bond donors (Lipinski definition) is 0. The zero-order chi connectivity index (χ0) is 26.6. The van der Waals surface area contributed by atoms with Gasteiger partial charge in [0.15, 0.2) is 0 Å². The molecule has 3 rings (SSSR count). The minimum absolute atomic E-state index is 0.294. The van der Waals surface area contributed by atoms with Crippen LogP contribution >= 0.6 is 0 Å². The highest BCUT2D eigenvalue weighted by atomic mass is 32.3. The second kappa shape index (κ2) is 9.32. The number of amides is 1. The molecule has 2 fully saturated rings. The van der Waals surface area contributed by atoms with Gasteiger partial charge in [0.25, 0.3) is 0 Å². The van der Waals surface area contributed by atoms with E-state index in [0.717, 1.165) is 0 Å². The Morgan fingerprint density at radius 1 is 1.06 bits per heavy atom. The first-order chi connectivity index (χ1) is 15.8. The standard InChI is InChI=1S/C24H38BFN2O6S/c1-16-18(15-27-10-12-28(13-11-27)21(29)32-22(3,4)5)14-19(17(2)20(16)35(26,30)31)25-33-23(6,7)24(8,9)34-25/h14H,10-13,15H2,1-9H3. The van der Waals surface area contributed by atoms with Gasteiger partial charge in [-0.1, -0.05) is 6.07 Å². The maximum atomic E-state index is 14.5. The molecule has 196 valence electrons.